The van der Waals surface area contributed by atoms with Crippen LogP contribution in [-0.2, 0) is 16.1 Å². The maximum absolute atomic E-state index is 12.1. The predicted octanol–water partition coefficient (Wildman–Crippen LogP) is 5.40. The Labute approximate surface area is 169 Å². The Hall–Kier alpha value is -2.87. The number of fused-ring (bicyclic) bond motifs is 1. The van der Waals surface area contributed by atoms with Crippen LogP contribution in [0, 0.1) is 11.3 Å². The van der Waals surface area contributed by atoms with E-state index in [0.717, 1.165) is 27.5 Å². The summed E-state index contributed by atoms with van der Waals surface area (Å²) in [4.78, 5) is 12.1. The van der Waals surface area contributed by atoms with E-state index in [1.807, 2.05) is 48.5 Å². The minimum atomic E-state index is -0.557. The van der Waals surface area contributed by atoms with Crippen LogP contribution in [-0.4, -0.2) is 19.5 Å². The predicted molar refractivity (Wildman–Crippen MR) is 111 cm³/mol. The Bertz CT molecular complexity index is 1090. The van der Waals surface area contributed by atoms with E-state index in [1.165, 1.54) is 0 Å². The van der Waals surface area contributed by atoms with E-state index in [4.69, 9.17) is 21.1 Å². The fourth-order valence-corrected chi connectivity index (χ4v) is 3.79. The third-order valence-electron chi connectivity index (χ3n) is 4.91. The van der Waals surface area contributed by atoms with Crippen LogP contribution >= 0.6 is 11.6 Å². The first-order valence-electron chi connectivity index (χ1n) is 8.84. The summed E-state index contributed by atoms with van der Waals surface area (Å²) in [5.41, 5.74) is 3.54. The number of nitriles is 1. The Morgan fingerprint density at radius 2 is 1.75 bits per heavy atom. The Balaban J connectivity index is 2.57. The van der Waals surface area contributed by atoms with Crippen molar-refractivity contribution in [3.63, 3.8) is 0 Å². The van der Waals surface area contributed by atoms with Crippen LogP contribution < -0.4 is 4.74 Å². The molecule has 1 unspecified atom stereocenters. The van der Waals surface area contributed by atoms with Crippen LogP contribution in [0.3, 0.4) is 0 Å². The van der Waals surface area contributed by atoms with Crippen molar-refractivity contribution in [2.75, 3.05) is 14.2 Å². The van der Waals surface area contributed by atoms with E-state index in [2.05, 4.69) is 6.07 Å². The number of carbonyl (C=O) groups excluding carboxylic acids is 1. The normalized spacial score (nSPS) is 11.8. The van der Waals surface area contributed by atoms with Gasteiger partial charge in [0, 0.05) is 23.6 Å². The van der Waals surface area contributed by atoms with Crippen LogP contribution in [0.15, 0.2) is 48.5 Å². The van der Waals surface area contributed by atoms with Crippen LogP contribution in [0.4, 0.5) is 0 Å². The number of ether oxygens (including phenoxy) is 2. The molecule has 0 saturated carbocycles. The lowest BCUT2D eigenvalue weighted by atomic mass is 9.82. The SMILES string of the molecule is COCc1c(-c2ccccc2OC)c(C#N)c2ccccc2c1C(C)C(=O)Cl. The van der Waals surface area contributed by atoms with Crippen molar-refractivity contribution in [3.8, 4) is 22.9 Å². The lowest BCUT2D eigenvalue weighted by Gasteiger charge is -2.23. The van der Waals surface area contributed by atoms with Crippen molar-refractivity contribution in [2.45, 2.75) is 19.4 Å². The molecule has 0 radical (unpaired) electrons. The van der Waals surface area contributed by atoms with Gasteiger partial charge in [-0.25, -0.2) is 0 Å². The molecule has 0 saturated heterocycles. The molecule has 0 aliphatic carbocycles. The zero-order valence-corrected chi connectivity index (χ0v) is 16.7. The number of benzene rings is 3. The van der Waals surface area contributed by atoms with Crippen molar-refractivity contribution in [1.82, 2.24) is 0 Å². The lowest BCUT2D eigenvalue weighted by Crippen LogP contribution is -2.11. The zero-order chi connectivity index (χ0) is 20.3. The van der Waals surface area contributed by atoms with Gasteiger partial charge in [0.15, 0.2) is 0 Å². The van der Waals surface area contributed by atoms with Gasteiger partial charge in [-0.3, -0.25) is 4.79 Å². The van der Waals surface area contributed by atoms with Crippen molar-refractivity contribution in [3.05, 3.63) is 65.2 Å². The molecule has 28 heavy (non-hydrogen) atoms. The molecule has 3 aromatic carbocycles. The van der Waals surface area contributed by atoms with Gasteiger partial charge >= 0.3 is 0 Å². The molecule has 0 spiro atoms. The number of rotatable bonds is 6. The monoisotopic (exact) mass is 393 g/mol. The lowest BCUT2D eigenvalue weighted by molar-refractivity contribution is -0.112. The van der Waals surface area contributed by atoms with Gasteiger partial charge in [-0.15, -0.1) is 0 Å². The summed E-state index contributed by atoms with van der Waals surface area (Å²) in [5.74, 6) is 0.0837. The fraction of sp³-hybridized carbons (Fsp3) is 0.217. The third kappa shape index (κ3) is 3.35. The molecule has 0 aliphatic heterocycles. The number of para-hydroxylation sites is 1. The first kappa shape index (κ1) is 19.9. The van der Waals surface area contributed by atoms with Gasteiger partial charge in [-0.1, -0.05) is 49.4 Å². The average molecular weight is 394 g/mol. The third-order valence-corrected chi connectivity index (χ3v) is 5.24. The number of halogens is 1. The summed E-state index contributed by atoms with van der Waals surface area (Å²) in [5, 5.41) is 11.2. The number of carbonyl (C=O) groups is 1. The quantitative estimate of drug-likeness (QED) is 0.526. The molecule has 0 fully saturated rings. The molecule has 1 atom stereocenters. The Morgan fingerprint density at radius 3 is 2.36 bits per heavy atom. The maximum Gasteiger partial charge on any atom is 0.228 e. The smallest absolute Gasteiger partial charge is 0.228 e. The summed E-state index contributed by atoms with van der Waals surface area (Å²) in [6, 6.07) is 17.4. The molecule has 0 aromatic heterocycles. The van der Waals surface area contributed by atoms with Gasteiger partial charge in [0.2, 0.25) is 5.24 Å². The largest absolute Gasteiger partial charge is 0.496 e. The molecular formula is C23H20ClNO3. The summed E-state index contributed by atoms with van der Waals surface area (Å²) >= 11 is 5.90. The second-order valence-corrected chi connectivity index (χ2v) is 6.83. The van der Waals surface area contributed by atoms with E-state index < -0.39 is 11.2 Å². The van der Waals surface area contributed by atoms with Crippen LogP contribution in [0.25, 0.3) is 21.9 Å². The zero-order valence-electron chi connectivity index (χ0n) is 16.0. The first-order valence-corrected chi connectivity index (χ1v) is 9.22. The second-order valence-electron chi connectivity index (χ2n) is 6.46. The van der Waals surface area contributed by atoms with E-state index >= 15 is 0 Å². The van der Waals surface area contributed by atoms with Crippen LogP contribution in [0.2, 0.25) is 0 Å². The molecule has 5 heteroatoms. The molecule has 4 nitrogen and oxygen atoms in total. The van der Waals surface area contributed by atoms with Gasteiger partial charge in [0.25, 0.3) is 0 Å². The van der Waals surface area contributed by atoms with Gasteiger partial charge in [0.1, 0.15) is 11.8 Å². The molecule has 3 aromatic rings. The van der Waals surface area contributed by atoms with E-state index in [9.17, 15) is 10.1 Å². The molecule has 3 rings (SSSR count). The minimum absolute atomic E-state index is 0.233. The highest BCUT2D eigenvalue weighted by Gasteiger charge is 2.27. The molecule has 0 heterocycles. The first-order chi connectivity index (χ1) is 13.5. The van der Waals surface area contributed by atoms with E-state index in [0.29, 0.717) is 16.9 Å². The molecule has 0 N–H and O–H groups in total. The summed E-state index contributed by atoms with van der Waals surface area (Å²) < 4.78 is 11.0. The summed E-state index contributed by atoms with van der Waals surface area (Å²) in [7, 11) is 3.18. The number of hydrogen-bond acceptors (Lipinski definition) is 4. The molecule has 142 valence electrons. The molecule has 0 aliphatic rings. The van der Waals surface area contributed by atoms with Crippen LogP contribution in [0.1, 0.15) is 29.5 Å². The summed E-state index contributed by atoms with van der Waals surface area (Å²) in [6.45, 7) is 2.01. The van der Waals surface area contributed by atoms with Crippen molar-refractivity contribution in [1.29, 1.82) is 5.26 Å². The highest BCUT2D eigenvalue weighted by Crippen LogP contribution is 2.43. The van der Waals surface area contributed by atoms with E-state index in [1.54, 1.807) is 21.1 Å². The Morgan fingerprint density at radius 1 is 1.11 bits per heavy atom. The van der Waals surface area contributed by atoms with Gasteiger partial charge in [0.05, 0.1) is 25.2 Å². The van der Waals surface area contributed by atoms with Gasteiger partial charge in [-0.2, -0.15) is 5.26 Å². The highest BCUT2D eigenvalue weighted by molar-refractivity contribution is 6.64. The number of nitrogens with zero attached hydrogens (tertiary/aromatic N) is 1. The second kappa shape index (κ2) is 8.43. The maximum atomic E-state index is 12.1. The number of methoxy groups -OCH3 is 2. The minimum Gasteiger partial charge on any atom is -0.496 e. The summed E-state index contributed by atoms with van der Waals surface area (Å²) in [6.07, 6.45) is 0. The molecular weight excluding hydrogens is 374 g/mol. The van der Waals surface area contributed by atoms with Crippen molar-refractivity contribution < 1.29 is 14.3 Å². The standard InChI is InChI=1S/C23H20ClNO3/c1-14(23(24)26)21-16-9-5-4-8-15(16)18(12-25)22(19(21)13-27-2)17-10-6-7-11-20(17)28-3/h4-11,14H,13H2,1-3H3. The van der Waals surface area contributed by atoms with E-state index in [-0.39, 0.29) is 6.61 Å². The molecule has 0 amide bonds. The molecule has 0 bridgehead atoms. The highest BCUT2D eigenvalue weighted by atomic mass is 35.5. The van der Waals surface area contributed by atoms with Crippen molar-refractivity contribution in [2.24, 2.45) is 0 Å². The Kier molecular flexibility index (Phi) is 5.99. The number of hydrogen-bond donors (Lipinski definition) is 0. The van der Waals surface area contributed by atoms with Crippen LogP contribution in [0.5, 0.6) is 5.75 Å². The average Bonchev–Trinajstić information content (AvgIpc) is 2.72. The van der Waals surface area contributed by atoms with Gasteiger partial charge in [-0.05, 0) is 34.2 Å². The fourth-order valence-electron chi connectivity index (χ4n) is 3.69. The topological polar surface area (TPSA) is 59.3 Å². The van der Waals surface area contributed by atoms with Gasteiger partial charge < -0.3 is 9.47 Å². The van der Waals surface area contributed by atoms with Crippen molar-refractivity contribution >= 4 is 27.6 Å².